The fourth-order valence-corrected chi connectivity index (χ4v) is 8.73. The van der Waals surface area contributed by atoms with Crippen molar-refractivity contribution in [3.05, 3.63) is 107 Å². The molecule has 11 heteroatoms. The summed E-state index contributed by atoms with van der Waals surface area (Å²) in [5.41, 5.74) is 3.62. The van der Waals surface area contributed by atoms with Crippen molar-refractivity contribution >= 4 is 29.5 Å². The number of carbonyl (C=O) groups is 5. The van der Waals surface area contributed by atoms with E-state index in [0.29, 0.717) is 18.5 Å². The quantitative estimate of drug-likeness (QED) is 0.0614. The van der Waals surface area contributed by atoms with Crippen LogP contribution >= 0.6 is 0 Å². The molecule has 3 aromatic carbocycles. The summed E-state index contributed by atoms with van der Waals surface area (Å²) in [5, 5.41) is 12.3. The van der Waals surface area contributed by atoms with E-state index in [4.69, 9.17) is 4.74 Å². The molecule has 5 amide bonds. The molecule has 334 valence electrons. The minimum absolute atomic E-state index is 0.00501. The van der Waals surface area contributed by atoms with E-state index in [-0.39, 0.29) is 79.8 Å². The van der Waals surface area contributed by atoms with Gasteiger partial charge in [-0.25, -0.2) is 0 Å². The van der Waals surface area contributed by atoms with Gasteiger partial charge in [0.05, 0.1) is 25.0 Å². The molecule has 3 fully saturated rings. The number of nitrogens with one attached hydrogen (secondary N) is 4. The first-order valence-electron chi connectivity index (χ1n) is 23.5. The Bertz CT molecular complexity index is 1820. The van der Waals surface area contributed by atoms with Crippen LogP contribution in [0.1, 0.15) is 143 Å². The molecule has 3 aliphatic rings. The monoisotopic (exact) mass is 848 g/mol. The second kappa shape index (κ2) is 24.0. The standard InChI is InChI=1S/C51H69N5O6/c1-3-5-7-9-10-11-18-24-47(57)53-46(50(60)52-29-19-8-6-4-2)35-62-34-36-25-27-39(28-26-36)51(61)56-32-42(48(58)54-44-30-40(44)37-20-14-12-15-21-37)43(33-56)49(59)55-45-31-41(45)38-22-16-13-17-23-38/h12-17,20-23,25-28,40-46H,3-11,18-19,24,29-35H2,1-2H3,(H,52,60)(H,53,57)(H,54,58)(H,55,59)/t40-,41-,42-,43-,44+,45+,46+/m1/s1. The predicted octanol–water partition coefficient (Wildman–Crippen LogP) is 7.56. The van der Waals surface area contributed by atoms with Crippen molar-refractivity contribution in [1.29, 1.82) is 0 Å². The lowest BCUT2D eigenvalue weighted by Crippen LogP contribution is -2.49. The third-order valence-electron chi connectivity index (χ3n) is 12.7. The average molecular weight is 848 g/mol. The maximum atomic E-state index is 14.0. The summed E-state index contributed by atoms with van der Waals surface area (Å²) in [5.74, 6) is -1.87. The van der Waals surface area contributed by atoms with Gasteiger partial charge in [-0.2, -0.15) is 0 Å². The van der Waals surface area contributed by atoms with E-state index >= 15 is 0 Å². The van der Waals surface area contributed by atoms with Crippen LogP contribution in [-0.2, 0) is 30.5 Å². The number of rotatable bonds is 26. The Balaban J connectivity index is 1.02. The molecule has 2 saturated carbocycles. The molecule has 1 aliphatic heterocycles. The van der Waals surface area contributed by atoms with Crippen LogP contribution in [0.25, 0.3) is 0 Å². The first kappa shape index (κ1) is 46.5. The van der Waals surface area contributed by atoms with Crippen LogP contribution in [0, 0.1) is 11.8 Å². The van der Waals surface area contributed by atoms with Crippen molar-refractivity contribution in [3.63, 3.8) is 0 Å². The molecule has 0 aromatic heterocycles. The molecule has 7 atom stereocenters. The number of amides is 5. The highest BCUT2D eigenvalue weighted by atomic mass is 16.5. The summed E-state index contributed by atoms with van der Waals surface area (Å²) in [7, 11) is 0. The first-order chi connectivity index (χ1) is 30.2. The van der Waals surface area contributed by atoms with Gasteiger partial charge in [0.25, 0.3) is 5.91 Å². The smallest absolute Gasteiger partial charge is 0.253 e. The lowest BCUT2D eigenvalue weighted by molar-refractivity contribution is -0.133. The van der Waals surface area contributed by atoms with Crippen LogP contribution in [0.15, 0.2) is 84.9 Å². The number of hydrogen-bond acceptors (Lipinski definition) is 6. The van der Waals surface area contributed by atoms with Gasteiger partial charge in [-0.3, -0.25) is 24.0 Å². The van der Waals surface area contributed by atoms with Crippen LogP contribution in [0.2, 0.25) is 0 Å². The summed E-state index contributed by atoms with van der Waals surface area (Å²) >= 11 is 0. The topological polar surface area (TPSA) is 146 Å². The van der Waals surface area contributed by atoms with E-state index in [1.807, 2.05) is 48.5 Å². The molecule has 6 rings (SSSR count). The highest BCUT2D eigenvalue weighted by Gasteiger charge is 2.49. The Kier molecular flexibility index (Phi) is 18.0. The number of likely N-dealkylation sites (tertiary alicyclic amines) is 1. The van der Waals surface area contributed by atoms with Gasteiger partial charge in [0.2, 0.25) is 23.6 Å². The molecule has 1 saturated heterocycles. The van der Waals surface area contributed by atoms with Gasteiger partial charge in [0.15, 0.2) is 0 Å². The van der Waals surface area contributed by atoms with E-state index in [9.17, 15) is 24.0 Å². The number of hydrogen-bond donors (Lipinski definition) is 4. The zero-order chi connectivity index (χ0) is 43.7. The minimum Gasteiger partial charge on any atom is -0.374 e. The predicted molar refractivity (Wildman–Crippen MR) is 242 cm³/mol. The lowest BCUT2D eigenvalue weighted by atomic mass is 9.94. The minimum atomic E-state index is -0.808. The van der Waals surface area contributed by atoms with Gasteiger partial charge >= 0.3 is 0 Å². The molecule has 1 heterocycles. The van der Waals surface area contributed by atoms with Crippen molar-refractivity contribution in [1.82, 2.24) is 26.2 Å². The van der Waals surface area contributed by atoms with Crippen molar-refractivity contribution < 1.29 is 28.7 Å². The number of benzene rings is 3. The molecule has 0 unspecified atom stereocenters. The Morgan fingerprint density at radius 1 is 0.645 bits per heavy atom. The first-order valence-corrected chi connectivity index (χ1v) is 23.5. The van der Waals surface area contributed by atoms with E-state index in [2.05, 4.69) is 59.4 Å². The Hall–Kier alpha value is -5.03. The van der Waals surface area contributed by atoms with Crippen molar-refractivity contribution in [2.75, 3.05) is 26.2 Å². The zero-order valence-electron chi connectivity index (χ0n) is 37.0. The third kappa shape index (κ3) is 14.0. The van der Waals surface area contributed by atoms with Gasteiger partial charge < -0.3 is 30.9 Å². The molecular formula is C51H69N5O6. The fraction of sp³-hybridized carbons (Fsp3) is 0.549. The van der Waals surface area contributed by atoms with Crippen LogP contribution in [-0.4, -0.2) is 78.8 Å². The molecule has 4 N–H and O–H groups in total. The third-order valence-corrected chi connectivity index (χ3v) is 12.7. The van der Waals surface area contributed by atoms with Gasteiger partial charge in [0, 0.05) is 55.5 Å². The van der Waals surface area contributed by atoms with Crippen molar-refractivity contribution in [2.24, 2.45) is 11.8 Å². The fourth-order valence-electron chi connectivity index (χ4n) is 8.73. The summed E-state index contributed by atoms with van der Waals surface area (Å²) in [6, 6.07) is 26.6. The maximum Gasteiger partial charge on any atom is 0.253 e. The van der Waals surface area contributed by atoms with Gasteiger partial charge in [-0.05, 0) is 54.5 Å². The van der Waals surface area contributed by atoms with Gasteiger partial charge in [-0.15, -0.1) is 0 Å². The molecule has 0 bridgehead atoms. The second-order valence-electron chi connectivity index (χ2n) is 17.7. The summed E-state index contributed by atoms with van der Waals surface area (Å²) in [4.78, 5) is 69.4. The molecule has 62 heavy (non-hydrogen) atoms. The van der Waals surface area contributed by atoms with Crippen LogP contribution < -0.4 is 21.3 Å². The molecule has 11 nitrogen and oxygen atoms in total. The number of ether oxygens (including phenoxy) is 1. The number of nitrogens with zero attached hydrogens (tertiary/aromatic N) is 1. The van der Waals surface area contributed by atoms with Gasteiger partial charge in [-0.1, -0.05) is 144 Å². The van der Waals surface area contributed by atoms with E-state index in [1.54, 1.807) is 17.0 Å². The van der Waals surface area contributed by atoms with Crippen LogP contribution in [0.5, 0.6) is 0 Å². The molecule has 2 aliphatic carbocycles. The largest absolute Gasteiger partial charge is 0.374 e. The molecule has 0 spiro atoms. The average Bonchev–Trinajstić information content (AvgIpc) is 4.20. The summed E-state index contributed by atoms with van der Waals surface area (Å²) < 4.78 is 6.00. The highest BCUT2D eigenvalue weighted by Crippen LogP contribution is 2.42. The summed E-state index contributed by atoms with van der Waals surface area (Å²) in [6.07, 6.45) is 14.0. The highest BCUT2D eigenvalue weighted by molar-refractivity contribution is 5.97. The van der Waals surface area contributed by atoms with E-state index in [0.717, 1.165) is 63.4 Å². The van der Waals surface area contributed by atoms with Gasteiger partial charge in [0.1, 0.15) is 6.04 Å². The zero-order valence-corrected chi connectivity index (χ0v) is 37.0. The number of unbranched alkanes of at least 4 members (excludes halogenated alkanes) is 9. The molecule has 3 aromatic rings. The van der Waals surface area contributed by atoms with Crippen molar-refractivity contribution in [3.8, 4) is 0 Å². The molecular weight excluding hydrogens is 779 g/mol. The van der Waals surface area contributed by atoms with Crippen LogP contribution in [0.4, 0.5) is 0 Å². The Labute approximate surface area is 368 Å². The maximum absolute atomic E-state index is 14.0. The van der Waals surface area contributed by atoms with Crippen molar-refractivity contribution in [2.45, 2.75) is 140 Å². The van der Waals surface area contributed by atoms with Crippen LogP contribution in [0.3, 0.4) is 0 Å². The lowest BCUT2D eigenvalue weighted by Gasteiger charge is -2.19. The Morgan fingerprint density at radius 3 is 1.71 bits per heavy atom. The summed E-state index contributed by atoms with van der Waals surface area (Å²) in [6.45, 7) is 5.40. The Morgan fingerprint density at radius 2 is 1.16 bits per heavy atom. The van der Waals surface area contributed by atoms with E-state index < -0.39 is 17.9 Å². The second-order valence-corrected chi connectivity index (χ2v) is 17.7. The SMILES string of the molecule is CCCCCCCCCC(=O)N[C@@H](COCc1ccc(C(=O)N2C[C@@H](C(=O)N[C@H]3C[C@@H]3c3ccccc3)[C@H](C(=O)N[C@H]3C[C@@H]3c3ccccc3)C2)cc1)C(=O)NCCCCCC. The molecule has 0 radical (unpaired) electrons. The number of carbonyl (C=O) groups excluding carboxylic acids is 5. The normalized spacial score (nSPS) is 21.7. The van der Waals surface area contributed by atoms with E-state index in [1.165, 1.54) is 36.8 Å².